The van der Waals surface area contributed by atoms with Gasteiger partial charge in [0, 0.05) is 11.1 Å². The minimum Gasteiger partial charge on any atom is -0.344 e. The van der Waals surface area contributed by atoms with Gasteiger partial charge in [-0.15, -0.1) is 0 Å². The molecule has 1 unspecified atom stereocenters. The van der Waals surface area contributed by atoms with Crippen LogP contribution in [0.15, 0.2) is 180 Å². The van der Waals surface area contributed by atoms with Crippen LogP contribution in [0.2, 0.25) is 0 Å². The molecule has 7 rings (SSSR count). The minimum absolute atomic E-state index is 0.284. The topological polar surface area (TPSA) is 36.8 Å². The maximum absolute atomic E-state index is 5.04. The fourth-order valence-corrected chi connectivity index (χ4v) is 7.05. The zero-order chi connectivity index (χ0) is 35.2. The molecule has 0 saturated heterocycles. The molecule has 1 aliphatic rings. The van der Waals surface area contributed by atoms with Crippen LogP contribution < -0.4 is 5.32 Å². The lowest BCUT2D eigenvalue weighted by molar-refractivity contribution is 0.730. The second kappa shape index (κ2) is 15.2. The largest absolute Gasteiger partial charge is 0.344 e. The SMILES string of the molecule is C=C/C(=C\C)C1N=C(c2ccccc2)N=C(c2cccc(-c3ccccc3-c3ccc(-c4cccc5ccccc45)c(/C(=C/CC)CC)c3)c2)N1. The first-order valence-corrected chi connectivity index (χ1v) is 17.9. The first-order valence-electron chi connectivity index (χ1n) is 17.9. The number of nitrogens with one attached hydrogen (secondary N) is 1. The molecule has 0 aromatic heterocycles. The van der Waals surface area contributed by atoms with Crippen molar-refractivity contribution in [2.24, 2.45) is 9.98 Å². The van der Waals surface area contributed by atoms with E-state index in [0.717, 1.165) is 40.9 Å². The molecule has 0 fully saturated rings. The standard InChI is InChI=1S/C48H43N3/c1-5-18-34(8-4)45-32-38(29-30-44(45)43-28-17-22-35-19-12-13-25-40(35)43)42-27-15-14-26-41(42)37-23-16-24-39(31-37)48-50-46(33(6-2)7-3)49-47(51-48)36-20-10-9-11-21-36/h6-7,9-32,46H,2,5,8H2,1,3-4H3,(H,49,50,51)/b33-7+,34-18+. The molecule has 6 aromatic rings. The van der Waals surface area contributed by atoms with Crippen LogP contribution >= 0.6 is 0 Å². The van der Waals surface area contributed by atoms with E-state index < -0.39 is 0 Å². The van der Waals surface area contributed by atoms with Crippen molar-refractivity contribution in [2.45, 2.75) is 39.8 Å². The van der Waals surface area contributed by atoms with Crippen LogP contribution in [0.5, 0.6) is 0 Å². The average molecular weight is 662 g/mol. The summed E-state index contributed by atoms with van der Waals surface area (Å²) in [6.45, 7) is 10.5. The van der Waals surface area contributed by atoms with E-state index in [0.29, 0.717) is 5.84 Å². The molecule has 3 nitrogen and oxygen atoms in total. The van der Waals surface area contributed by atoms with E-state index in [9.17, 15) is 0 Å². The summed E-state index contributed by atoms with van der Waals surface area (Å²) in [5.41, 5.74) is 12.9. The van der Waals surface area contributed by atoms with Gasteiger partial charge in [0.1, 0.15) is 12.0 Å². The highest BCUT2D eigenvalue weighted by Gasteiger charge is 2.22. The number of benzene rings is 6. The average Bonchev–Trinajstić information content (AvgIpc) is 3.20. The lowest BCUT2D eigenvalue weighted by atomic mass is 9.86. The summed E-state index contributed by atoms with van der Waals surface area (Å²) in [6, 6.07) is 49.9. The number of amidine groups is 2. The van der Waals surface area contributed by atoms with E-state index in [1.54, 1.807) is 0 Å². The molecule has 0 saturated carbocycles. The van der Waals surface area contributed by atoms with Gasteiger partial charge in [0.05, 0.1) is 0 Å². The Bertz CT molecular complexity index is 2330. The summed E-state index contributed by atoms with van der Waals surface area (Å²) in [5, 5.41) is 6.11. The van der Waals surface area contributed by atoms with Gasteiger partial charge in [-0.2, -0.15) is 0 Å². The van der Waals surface area contributed by atoms with E-state index in [4.69, 9.17) is 9.98 Å². The van der Waals surface area contributed by atoms with Crippen LogP contribution in [-0.4, -0.2) is 17.8 Å². The molecule has 0 spiro atoms. The molecule has 1 aliphatic heterocycles. The zero-order valence-corrected chi connectivity index (χ0v) is 29.6. The maximum Gasteiger partial charge on any atom is 0.159 e. The molecular formula is C48H43N3. The molecule has 51 heavy (non-hydrogen) atoms. The van der Waals surface area contributed by atoms with E-state index in [-0.39, 0.29) is 6.17 Å². The number of aliphatic imine (C=N–C) groups is 2. The van der Waals surface area contributed by atoms with Crippen LogP contribution in [0.3, 0.4) is 0 Å². The highest BCUT2D eigenvalue weighted by Crippen LogP contribution is 2.40. The van der Waals surface area contributed by atoms with Crippen molar-refractivity contribution in [3.63, 3.8) is 0 Å². The molecule has 0 bridgehead atoms. The zero-order valence-electron chi connectivity index (χ0n) is 29.6. The van der Waals surface area contributed by atoms with E-state index in [2.05, 4.69) is 153 Å². The molecule has 1 N–H and O–H groups in total. The number of rotatable bonds is 10. The lowest BCUT2D eigenvalue weighted by Crippen LogP contribution is -2.39. The molecule has 0 aliphatic carbocycles. The molecular weight excluding hydrogens is 619 g/mol. The van der Waals surface area contributed by atoms with Crippen LogP contribution in [0.4, 0.5) is 0 Å². The molecule has 6 aromatic carbocycles. The first-order chi connectivity index (χ1) is 25.1. The van der Waals surface area contributed by atoms with Crippen molar-refractivity contribution in [1.82, 2.24) is 5.32 Å². The van der Waals surface area contributed by atoms with Crippen molar-refractivity contribution in [3.05, 3.63) is 187 Å². The fourth-order valence-electron chi connectivity index (χ4n) is 7.05. The smallest absolute Gasteiger partial charge is 0.159 e. The predicted molar refractivity (Wildman–Crippen MR) is 219 cm³/mol. The summed E-state index contributed by atoms with van der Waals surface area (Å²) in [7, 11) is 0. The third kappa shape index (κ3) is 6.89. The molecule has 0 amide bonds. The van der Waals surface area contributed by atoms with Gasteiger partial charge in [-0.1, -0.05) is 166 Å². The van der Waals surface area contributed by atoms with Crippen LogP contribution in [0.1, 0.15) is 50.3 Å². The van der Waals surface area contributed by atoms with Gasteiger partial charge in [-0.3, -0.25) is 0 Å². The van der Waals surface area contributed by atoms with Crippen LogP contribution in [0.25, 0.3) is 49.7 Å². The van der Waals surface area contributed by atoms with Gasteiger partial charge in [0.2, 0.25) is 0 Å². The van der Waals surface area contributed by atoms with Gasteiger partial charge in [0.15, 0.2) is 5.84 Å². The van der Waals surface area contributed by atoms with E-state index >= 15 is 0 Å². The quantitative estimate of drug-likeness (QED) is 0.146. The summed E-state index contributed by atoms with van der Waals surface area (Å²) >= 11 is 0. The van der Waals surface area contributed by atoms with E-state index in [1.807, 2.05) is 37.3 Å². The van der Waals surface area contributed by atoms with Crippen LogP contribution in [0, 0.1) is 0 Å². The second-order valence-corrected chi connectivity index (χ2v) is 12.7. The number of allylic oxidation sites excluding steroid dienone is 3. The minimum atomic E-state index is -0.284. The Balaban J connectivity index is 1.33. The van der Waals surface area contributed by atoms with Crippen molar-refractivity contribution in [2.75, 3.05) is 0 Å². The van der Waals surface area contributed by atoms with Gasteiger partial charge in [0.25, 0.3) is 0 Å². The van der Waals surface area contributed by atoms with E-state index in [1.165, 1.54) is 49.7 Å². The summed E-state index contributed by atoms with van der Waals surface area (Å²) in [4.78, 5) is 10.0. The van der Waals surface area contributed by atoms with Crippen LogP contribution in [-0.2, 0) is 0 Å². The Morgan fingerprint density at radius 2 is 1.31 bits per heavy atom. The number of fused-ring (bicyclic) bond motifs is 1. The molecule has 250 valence electrons. The Morgan fingerprint density at radius 1 is 0.667 bits per heavy atom. The third-order valence-corrected chi connectivity index (χ3v) is 9.62. The molecule has 1 heterocycles. The molecule has 1 atom stereocenters. The first kappa shape index (κ1) is 33.4. The normalized spacial score (nSPS) is 14.8. The third-order valence-electron chi connectivity index (χ3n) is 9.62. The summed E-state index contributed by atoms with van der Waals surface area (Å²) in [6.07, 6.45) is 7.96. The predicted octanol–water partition coefficient (Wildman–Crippen LogP) is 12.3. The number of hydrogen-bond donors (Lipinski definition) is 1. The van der Waals surface area contributed by atoms with Gasteiger partial charge in [-0.25, -0.2) is 9.98 Å². The Kier molecular flexibility index (Phi) is 9.98. The number of nitrogens with zero attached hydrogens (tertiary/aromatic N) is 2. The van der Waals surface area contributed by atoms with Gasteiger partial charge < -0.3 is 5.32 Å². The second-order valence-electron chi connectivity index (χ2n) is 12.7. The fraction of sp³-hybridized carbons (Fsp3) is 0.125. The lowest BCUT2D eigenvalue weighted by Gasteiger charge is -2.24. The van der Waals surface area contributed by atoms with Gasteiger partial charge in [-0.05, 0) is 92.8 Å². The highest BCUT2D eigenvalue weighted by atomic mass is 15.2. The Hall–Kier alpha value is -6.06. The monoisotopic (exact) mass is 661 g/mol. The molecule has 3 heteroatoms. The Morgan fingerprint density at radius 3 is 2.06 bits per heavy atom. The highest BCUT2D eigenvalue weighted by molar-refractivity contribution is 6.13. The Labute approximate surface area is 302 Å². The van der Waals surface area contributed by atoms with Crippen molar-refractivity contribution in [1.29, 1.82) is 0 Å². The van der Waals surface area contributed by atoms with Crippen molar-refractivity contribution in [3.8, 4) is 33.4 Å². The number of hydrogen-bond acceptors (Lipinski definition) is 3. The van der Waals surface area contributed by atoms with Gasteiger partial charge >= 0.3 is 0 Å². The van der Waals surface area contributed by atoms with Crippen molar-refractivity contribution < 1.29 is 0 Å². The maximum atomic E-state index is 5.04. The molecule has 0 radical (unpaired) electrons. The summed E-state index contributed by atoms with van der Waals surface area (Å²) in [5.74, 6) is 1.49. The van der Waals surface area contributed by atoms with Crippen molar-refractivity contribution >= 4 is 28.0 Å². The summed E-state index contributed by atoms with van der Waals surface area (Å²) < 4.78 is 0.